The van der Waals surface area contributed by atoms with Crippen LogP contribution in [0.25, 0.3) is 0 Å². The first-order valence-corrected chi connectivity index (χ1v) is 9.24. The van der Waals surface area contributed by atoms with Crippen LogP contribution in [0.2, 0.25) is 0 Å². The number of ether oxygens (including phenoxy) is 1. The van der Waals surface area contributed by atoms with Crippen LogP contribution in [0.3, 0.4) is 0 Å². The lowest BCUT2D eigenvalue weighted by atomic mass is 10.1. The van der Waals surface area contributed by atoms with Crippen molar-refractivity contribution < 1.29 is 14.3 Å². The van der Waals surface area contributed by atoms with Crippen LogP contribution >= 0.6 is 0 Å². The van der Waals surface area contributed by atoms with Gasteiger partial charge in [0.05, 0.1) is 12.8 Å². The summed E-state index contributed by atoms with van der Waals surface area (Å²) in [6.07, 6.45) is 3.23. The van der Waals surface area contributed by atoms with Gasteiger partial charge in [-0.25, -0.2) is 0 Å². The predicted molar refractivity (Wildman–Crippen MR) is 101 cm³/mol. The first kappa shape index (κ1) is 17.5. The number of anilines is 2. The average molecular weight is 369 g/mol. The summed E-state index contributed by atoms with van der Waals surface area (Å²) in [7, 11) is 1.58. The molecule has 8 heteroatoms. The predicted octanol–water partition coefficient (Wildman–Crippen LogP) is 1.83. The van der Waals surface area contributed by atoms with Gasteiger partial charge < -0.3 is 20.3 Å². The molecule has 1 aromatic heterocycles. The molecule has 0 saturated carbocycles. The molecule has 0 bridgehead atoms. The van der Waals surface area contributed by atoms with Crippen molar-refractivity contribution in [3.8, 4) is 5.75 Å². The Labute approximate surface area is 157 Å². The Morgan fingerprint density at radius 2 is 2.19 bits per heavy atom. The van der Waals surface area contributed by atoms with Crippen LogP contribution in [0.1, 0.15) is 41.0 Å². The number of nitrogens with one attached hydrogen (secondary N) is 3. The van der Waals surface area contributed by atoms with Gasteiger partial charge in [-0.3, -0.25) is 14.7 Å². The second-order valence-corrected chi connectivity index (χ2v) is 6.80. The zero-order valence-corrected chi connectivity index (χ0v) is 15.3. The number of benzene rings is 1. The first-order chi connectivity index (χ1) is 13.2. The second-order valence-electron chi connectivity index (χ2n) is 6.80. The summed E-state index contributed by atoms with van der Waals surface area (Å²) in [6.45, 7) is 2.16. The van der Waals surface area contributed by atoms with Crippen LogP contribution in [-0.2, 0) is 17.8 Å². The Balaban J connectivity index is 1.59. The molecule has 142 valence electrons. The Morgan fingerprint density at radius 3 is 3.00 bits per heavy atom. The monoisotopic (exact) mass is 369 g/mol. The number of carbonyl (C=O) groups excluding carboxylic acids is 2. The highest BCUT2D eigenvalue weighted by Gasteiger charge is 2.24. The maximum Gasteiger partial charge on any atom is 0.276 e. The number of carbonyl (C=O) groups is 2. The maximum atomic E-state index is 12.7. The van der Waals surface area contributed by atoms with Crippen LogP contribution in [0, 0.1) is 0 Å². The number of H-pyrrole nitrogens is 1. The number of amides is 2. The van der Waals surface area contributed by atoms with E-state index in [4.69, 9.17) is 4.74 Å². The highest BCUT2D eigenvalue weighted by atomic mass is 16.5. The number of methoxy groups -OCH3 is 1. The summed E-state index contributed by atoms with van der Waals surface area (Å²) in [5, 5.41) is 13.3. The molecule has 4 rings (SSSR count). The Morgan fingerprint density at radius 1 is 1.30 bits per heavy atom. The summed E-state index contributed by atoms with van der Waals surface area (Å²) in [6, 6.07) is 5.33. The van der Waals surface area contributed by atoms with E-state index in [-0.39, 0.29) is 11.8 Å². The highest BCUT2D eigenvalue weighted by molar-refractivity contribution is 6.05. The minimum absolute atomic E-state index is 0.0791. The Bertz CT molecular complexity index is 876. The fourth-order valence-electron chi connectivity index (χ4n) is 3.64. The van der Waals surface area contributed by atoms with Crippen LogP contribution < -0.4 is 20.3 Å². The SMILES string of the molecule is COc1ccc(NC(=O)c2n[nH]c3c2CNCC3)cc1N1CCCCC1=O. The lowest BCUT2D eigenvalue weighted by Gasteiger charge is -2.28. The molecule has 2 aromatic rings. The van der Waals surface area contributed by atoms with Crippen LogP contribution in [-0.4, -0.2) is 42.2 Å². The van der Waals surface area contributed by atoms with Gasteiger partial charge in [0.1, 0.15) is 5.75 Å². The largest absolute Gasteiger partial charge is 0.495 e. The van der Waals surface area contributed by atoms with Crippen LogP contribution in [0.5, 0.6) is 5.75 Å². The van der Waals surface area contributed by atoms with E-state index in [1.165, 1.54) is 0 Å². The average Bonchev–Trinajstić information content (AvgIpc) is 3.12. The molecule has 27 heavy (non-hydrogen) atoms. The molecule has 1 aromatic carbocycles. The van der Waals surface area contributed by atoms with Crippen LogP contribution in [0.4, 0.5) is 11.4 Å². The molecule has 1 saturated heterocycles. The number of fused-ring (bicyclic) bond motifs is 1. The molecule has 1 fully saturated rings. The minimum atomic E-state index is -0.266. The molecular formula is C19H23N5O3. The molecule has 3 heterocycles. The van der Waals surface area contributed by atoms with Crippen LogP contribution in [0.15, 0.2) is 18.2 Å². The second kappa shape index (κ2) is 7.40. The zero-order valence-electron chi connectivity index (χ0n) is 15.3. The lowest BCUT2D eigenvalue weighted by molar-refractivity contribution is -0.119. The minimum Gasteiger partial charge on any atom is -0.495 e. The van der Waals surface area contributed by atoms with Gasteiger partial charge >= 0.3 is 0 Å². The molecule has 0 radical (unpaired) electrons. The molecule has 8 nitrogen and oxygen atoms in total. The summed E-state index contributed by atoms with van der Waals surface area (Å²) in [4.78, 5) is 26.8. The number of aromatic nitrogens is 2. The van der Waals surface area contributed by atoms with E-state index >= 15 is 0 Å². The third-order valence-electron chi connectivity index (χ3n) is 5.07. The Hall–Kier alpha value is -2.87. The van der Waals surface area contributed by atoms with E-state index in [2.05, 4.69) is 20.8 Å². The third-order valence-corrected chi connectivity index (χ3v) is 5.07. The standard InChI is InChI=1S/C19H23N5O3/c1-27-16-6-5-12(10-15(16)24-9-3-2-4-17(24)25)21-19(26)18-13-11-20-8-7-14(13)22-23-18/h5-6,10,20H,2-4,7-9,11H2,1H3,(H,21,26)(H,22,23). The van der Waals surface area contributed by atoms with Crippen molar-refractivity contribution in [2.24, 2.45) is 0 Å². The third kappa shape index (κ3) is 3.40. The van der Waals surface area contributed by atoms with E-state index in [9.17, 15) is 9.59 Å². The van der Waals surface area contributed by atoms with Gasteiger partial charge in [-0.2, -0.15) is 5.10 Å². The quantitative estimate of drug-likeness (QED) is 0.764. The van der Waals surface area contributed by atoms with E-state index in [1.54, 1.807) is 30.2 Å². The van der Waals surface area contributed by atoms with Gasteiger partial charge in [0.25, 0.3) is 5.91 Å². The normalized spacial score (nSPS) is 16.8. The molecule has 0 aliphatic carbocycles. The van der Waals surface area contributed by atoms with Crippen molar-refractivity contribution in [3.05, 3.63) is 35.2 Å². The van der Waals surface area contributed by atoms with Gasteiger partial charge in [0.15, 0.2) is 5.69 Å². The van der Waals surface area contributed by atoms with E-state index in [1.807, 2.05) is 0 Å². The molecule has 0 atom stereocenters. The summed E-state index contributed by atoms with van der Waals surface area (Å²) < 4.78 is 5.42. The molecule has 2 amide bonds. The van der Waals surface area contributed by atoms with Crippen molar-refractivity contribution in [2.75, 3.05) is 30.4 Å². The highest BCUT2D eigenvalue weighted by Crippen LogP contribution is 2.33. The van der Waals surface area contributed by atoms with Gasteiger partial charge in [-0.05, 0) is 31.0 Å². The molecule has 2 aliphatic heterocycles. The number of rotatable bonds is 4. The lowest BCUT2D eigenvalue weighted by Crippen LogP contribution is -2.35. The first-order valence-electron chi connectivity index (χ1n) is 9.24. The van der Waals surface area contributed by atoms with E-state index in [0.29, 0.717) is 42.3 Å². The molecule has 0 spiro atoms. The molecule has 2 aliphatic rings. The van der Waals surface area contributed by atoms with E-state index in [0.717, 1.165) is 37.1 Å². The van der Waals surface area contributed by atoms with Gasteiger partial charge in [-0.1, -0.05) is 0 Å². The van der Waals surface area contributed by atoms with Crippen molar-refractivity contribution >= 4 is 23.2 Å². The van der Waals surface area contributed by atoms with Crippen molar-refractivity contribution in [3.63, 3.8) is 0 Å². The number of aromatic amines is 1. The number of nitrogens with zero attached hydrogens (tertiary/aromatic N) is 2. The van der Waals surface area contributed by atoms with Crippen molar-refractivity contribution in [1.29, 1.82) is 0 Å². The molecule has 0 unspecified atom stereocenters. The van der Waals surface area contributed by atoms with Gasteiger partial charge in [0, 0.05) is 49.4 Å². The number of hydrogen-bond acceptors (Lipinski definition) is 5. The summed E-state index contributed by atoms with van der Waals surface area (Å²) in [5.74, 6) is 0.428. The fourth-order valence-corrected chi connectivity index (χ4v) is 3.64. The summed E-state index contributed by atoms with van der Waals surface area (Å²) in [5.41, 5.74) is 3.62. The van der Waals surface area contributed by atoms with Gasteiger partial charge in [0.2, 0.25) is 5.91 Å². The van der Waals surface area contributed by atoms with E-state index < -0.39 is 0 Å². The van der Waals surface area contributed by atoms with Crippen molar-refractivity contribution in [1.82, 2.24) is 15.5 Å². The number of hydrogen-bond donors (Lipinski definition) is 3. The summed E-state index contributed by atoms with van der Waals surface area (Å²) >= 11 is 0. The molecular weight excluding hydrogens is 346 g/mol. The smallest absolute Gasteiger partial charge is 0.276 e. The molecule has 3 N–H and O–H groups in total. The number of piperidine rings is 1. The maximum absolute atomic E-state index is 12.7. The topological polar surface area (TPSA) is 99.3 Å². The zero-order chi connectivity index (χ0) is 18.8. The van der Waals surface area contributed by atoms with Crippen molar-refractivity contribution in [2.45, 2.75) is 32.2 Å². The Kier molecular flexibility index (Phi) is 4.81. The fraction of sp³-hybridized carbons (Fsp3) is 0.421. The van der Waals surface area contributed by atoms with Gasteiger partial charge in [-0.15, -0.1) is 0 Å².